The standard InChI is InChI=1S/C10H13NO3/c1-2-5-8(10(13)14)11-7-4-3-6-9(11)12/h1,8H,3-7H2,(H,13,14). The van der Waals surface area contributed by atoms with Gasteiger partial charge in [-0.15, -0.1) is 12.3 Å². The number of carboxylic acids is 1. The summed E-state index contributed by atoms with van der Waals surface area (Å²) in [6.07, 6.45) is 7.30. The van der Waals surface area contributed by atoms with Gasteiger partial charge in [0.1, 0.15) is 6.04 Å². The quantitative estimate of drug-likeness (QED) is 0.666. The van der Waals surface area contributed by atoms with E-state index >= 15 is 0 Å². The van der Waals surface area contributed by atoms with Crippen LogP contribution in [0.1, 0.15) is 25.7 Å². The maximum atomic E-state index is 11.4. The summed E-state index contributed by atoms with van der Waals surface area (Å²) >= 11 is 0. The Labute approximate surface area is 82.9 Å². The van der Waals surface area contributed by atoms with Crippen molar-refractivity contribution in [1.29, 1.82) is 0 Å². The zero-order valence-corrected chi connectivity index (χ0v) is 7.90. The largest absolute Gasteiger partial charge is 0.480 e. The van der Waals surface area contributed by atoms with Crippen LogP contribution in [-0.2, 0) is 9.59 Å². The highest BCUT2D eigenvalue weighted by molar-refractivity contribution is 5.84. The van der Waals surface area contributed by atoms with Crippen LogP contribution < -0.4 is 0 Å². The molecule has 0 bridgehead atoms. The van der Waals surface area contributed by atoms with E-state index in [1.54, 1.807) is 0 Å². The molecule has 1 heterocycles. The average molecular weight is 195 g/mol. The molecule has 1 rings (SSSR count). The number of aliphatic carboxylic acids is 1. The van der Waals surface area contributed by atoms with Crippen LogP contribution >= 0.6 is 0 Å². The second-order valence-electron chi connectivity index (χ2n) is 3.31. The van der Waals surface area contributed by atoms with Crippen LogP contribution in [0.25, 0.3) is 0 Å². The first-order valence-electron chi connectivity index (χ1n) is 4.62. The van der Waals surface area contributed by atoms with Crippen molar-refractivity contribution in [2.75, 3.05) is 6.54 Å². The third kappa shape index (κ3) is 2.25. The summed E-state index contributed by atoms with van der Waals surface area (Å²) in [5.74, 6) is 1.18. The van der Waals surface area contributed by atoms with E-state index in [1.165, 1.54) is 4.90 Å². The van der Waals surface area contributed by atoms with Gasteiger partial charge in [-0.05, 0) is 12.8 Å². The first-order valence-corrected chi connectivity index (χ1v) is 4.62. The number of nitrogens with zero attached hydrogens (tertiary/aromatic N) is 1. The van der Waals surface area contributed by atoms with Gasteiger partial charge in [-0.3, -0.25) is 4.79 Å². The van der Waals surface area contributed by atoms with Gasteiger partial charge in [0.15, 0.2) is 0 Å². The Hall–Kier alpha value is -1.50. The maximum Gasteiger partial charge on any atom is 0.327 e. The third-order valence-electron chi connectivity index (χ3n) is 2.33. The van der Waals surface area contributed by atoms with E-state index < -0.39 is 12.0 Å². The van der Waals surface area contributed by atoms with E-state index in [0.717, 1.165) is 12.8 Å². The Kier molecular flexibility index (Phi) is 3.52. The van der Waals surface area contributed by atoms with Crippen LogP contribution in [0.4, 0.5) is 0 Å². The summed E-state index contributed by atoms with van der Waals surface area (Å²) < 4.78 is 0. The molecule has 4 nitrogen and oxygen atoms in total. The number of piperidine rings is 1. The van der Waals surface area contributed by atoms with Crippen molar-refractivity contribution in [1.82, 2.24) is 4.90 Å². The van der Waals surface area contributed by atoms with E-state index in [2.05, 4.69) is 5.92 Å². The van der Waals surface area contributed by atoms with Crippen LogP contribution in [0.3, 0.4) is 0 Å². The topological polar surface area (TPSA) is 57.6 Å². The van der Waals surface area contributed by atoms with Crippen molar-refractivity contribution < 1.29 is 14.7 Å². The zero-order chi connectivity index (χ0) is 10.6. The number of likely N-dealkylation sites (tertiary alicyclic amines) is 1. The molecule has 1 aliphatic heterocycles. The van der Waals surface area contributed by atoms with E-state index in [9.17, 15) is 9.59 Å². The van der Waals surface area contributed by atoms with Crippen molar-refractivity contribution in [3.63, 3.8) is 0 Å². The minimum Gasteiger partial charge on any atom is -0.480 e. The minimum absolute atomic E-state index is 0.0844. The Morgan fingerprint density at radius 2 is 2.36 bits per heavy atom. The molecule has 1 unspecified atom stereocenters. The summed E-state index contributed by atoms with van der Waals surface area (Å²) in [4.78, 5) is 23.6. The molecule has 1 amide bonds. The van der Waals surface area contributed by atoms with Gasteiger partial charge in [0.25, 0.3) is 0 Å². The lowest BCUT2D eigenvalue weighted by Gasteiger charge is -2.31. The van der Waals surface area contributed by atoms with Crippen molar-refractivity contribution in [2.45, 2.75) is 31.7 Å². The number of carbonyl (C=O) groups is 2. The monoisotopic (exact) mass is 195 g/mol. The molecule has 1 N–H and O–H groups in total. The minimum atomic E-state index is -1.02. The second-order valence-corrected chi connectivity index (χ2v) is 3.31. The van der Waals surface area contributed by atoms with Crippen LogP contribution in [0.2, 0.25) is 0 Å². The number of hydrogen-bond donors (Lipinski definition) is 1. The van der Waals surface area contributed by atoms with Gasteiger partial charge in [0.05, 0.1) is 0 Å². The smallest absolute Gasteiger partial charge is 0.327 e. The molecular formula is C10H13NO3. The average Bonchev–Trinajstić information content (AvgIpc) is 2.15. The van der Waals surface area contributed by atoms with Crippen LogP contribution in [-0.4, -0.2) is 34.5 Å². The summed E-state index contributed by atoms with van der Waals surface area (Å²) in [5, 5.41) is 8.88. The summed E-state index contributed by atoms with van der Waals surface area (Å²) in [7, 11) is 0. The highest BCUT2D eigenvalue weighted by atomic mass is 16.4. The van der Waals surface area contributed by atoms with Gasteiger partial charge in [-0.25, -0.2) is 4.79 Å². The SMILES string of the molecule is C#CCC(C(=O)O)N1CCCCC1=O. The Bertz CT molecular complexity index is 280. The number of amides is 1. The van der Waals surface area contributed by atoms with Crippen molar-refractivity contribution in [3.05, 3.63) is 0 Å². The highest BCUT2D eigenvalue weighted by Crippen LogP contribution is 2.15. The van der Waals surface area contributed by atoms with Gasteiger partial charge in [0, 0.05) is 19.4 Å². The van der Waals surface area contributed by atoms with E-state index in [4.69, 9.17) is 11.5 Å². The summed E-state index contributed by atoms with van der Waals surface area (Å²) in [5.41, 5.74) is 0. The molecule has 0 aromatic carbocycles. The molecule has 1 saturated heterocycles. The number of terminal acetylenes is 1. The predicted molar refractivity (Wildman–Crippen MR) is 50.4 cm³/mol. The molecule has 1 fully saturated rings. The molecule has 0 radical (unpaired) electrons. The molecule has 4 heteroatoms. The first kappa shape index (κ1) is 10.6. The van der Waals surface area contributed by atoms with Crippen LogP contribution in [0, 0.1) is 12.3 Å². The van der Waals surface area contributed by atoms with Crippen molar-refractivity contribution in [2.24, 2.45) is 0 Å². The van der Waals surface area contributed by atoms with Crippen LogP contribution in [0.5, 0.6) is 0 Å². The lowest BCUT2D eigenvalue weighted by atomic mass is 10.1. The Morgan fingerprint density at radius 1 is 1.64 bits per heavy atom. The van der Waals surface area contributed by atoms with Gasteiger partial charge in [-0.1, -0.05) is 0 Å². The fourth-order valence-corrected chi connectivity index (χ4v) is 1.60. The predicted octanol–water partition coefficient (Wildman–Crippen LogP) is 0.475. The molecule has 0 aliphatic carbocycles. The second kappa shape index (κ2) is 4.66. The molecule has 0 saturated carbocycles. The third-order valence-corrected chi connectivity index (χ3v) is 2.33. The van der Waals surface area contributed by atoms with Gasteiger partial charge < -0.3 is 10.0 Å². The van der Waals surface area contributed by atoms with E-state index in [1.807, 2.05) is 0 Å². The molecule has 1 aliphatic rings. The number of carbonyl (C=O) groups excluding carboxylic acids is 1. The summed E-state index contributed by atoms with van der Waals surface area (Å²) in [6.45, 7) is 0.511. The highest BCUT2D eigenvalue weighted by Gasteiger charge is 2.30. The molecule has 0 spiro atoms. The fourth-order valence-electron chi connectivity index (χ4n) is 1.60. The molecule has 1 atom stereocenters. The van der Waals surface area contributed by atoms with E-state index in [-0.39, 0.29) is 12.3 Å². The van der Waals surface area contributed by atoms with Gasteiger partial charge in [0.2, 0.25) is 5.91 Å². The fraction of sp³-hybridized carbons (Fsp3) is 0.600. The maximum absolute atomic E-state index is 11.4. The van der Waals surface area contributed by atoms with Crippen molar-refractivity contribution >= 4 is 11.9 Å². The summed E-state index contributed by atoms with van der Waals surface area (Å²) in [6, 6.07) is -0.840. The van der Waals surface area contributed by atoms with E-state index in [0.29, 0.717) is 13.0 Å². The van der Waals surface area contributed by atoms with Gasteiger partial charge >= 0.3 is 5.97 Å². The molecule has 0 aromatic rings. The molecule has 76 valence electrons. The van der Waals surface area contributed by atoms with Crippen LogP contribution in [0.15, 0.2) is 0 Å². The Balaban J connectivity index is 2.71. The normalized spacial score (nSPS) is 18.8. The number of rotatable bonds is 3. The number of carboxylic acid groups (broad SMARTS) is 1. The molecule has 0 aromatic heterocycles. The van der Waals surface area contributed by atoms with Crippen molar-refractivity contribution in [3.8, 4) is 12.3 Å². The Morgan fingerprint density at radius 3 is 2.86 bits per heavy atom. The molecular weight excluding hydrogens is 182 g/mol. The lowest BCUT2D eigenvalue weighted by molar-refractivity contribution is -0.151. The lowest BCUT2D eigenvalue weighted by Crippen LogP contribution is -2.47. The first-order chi connectivity index (χ1) is 6.66. The number of hydrogen-bond acceptors (Lipinski definition) is 2. The molecule has 14 heavy (non-hydrogen) atoms. The van der Waals surface area contributed by atoms with Gasteiger partial charge in [-0.2, -0.15) is 0 Å². The zero-order valence-electron chi connectivity index (χ0n) is 7.90.